The Labute approximate surface area is 215 Å². The van der Waals surface area contributed by atoms with E-state index in [0.717, 1.165) is 12.1 Å². The van der Waals surface area contributed by atoms with Crippen LogP contribution in [0.3, 0.4) is 0 Å². The Morgan fingerprint density at radius 1 is 1.26 bits per heavy atom. The van der Waals surface area contributed by atoms with E-state index in [1.165, 1.54) is 30.3 Å². The quantitative estimate of drug-likeness (QED) is 0.369. The Bertz CT molecular complexity index is 1390. The predicted octanol–water partition coefficient (Wildman–Crippen LogP) is 4.58. The van der Waals surface area contributed by atoms with Crippen LogP contribution in [-0.2, 0) is 0 Å². The van der Waals surface area contributed by atoms with Gasteiger partial charge in [0, 0.05) is 42.0 Å². The molecule has 3 aromatic rings. The number of anilines is 2. The van der Waals surface area contributed by atoms with E-state index in [1.54, 1.807) is 18.3 Å². The number of methoxy groups -OCH3 is 1. The van der Waals surface area contributed by atoms with Gasteiger partial charge in [-0.05, 0) is 31.0 Å². The number of para-hydroxylation sites is 1. The minimum Gasteiger partial charge on any atom is -0.492 e. The van der Waals surface area contributed by atoms with Crippen LogP contribution in [0.1, 0.15) is 34.8 Å². The number of amides is 1. The molecule has 2 aliphatic heterocycles. The molecule has 1 aromatic carbocycles. The average Bonchev–Trinajstić information content (AvgIpc) is 3.54. The van der Waals surface area contributed by atoms with E-state index in [-0.39, 0.29) is 36.3 Å². The van der Waals surface area contributed by atoms with Crippen molar-refractivity contribution in [2.45, 2.75) is 37.0 Å². The van der Waals surface area contributed by atoms with Crippen molar-refractivity contribution < 1.29 is 31.8 Å². The smallest absolute Gasteiger partial charge is 0.401 e. The third-order valence-corrected chi connectivity index (χ3v) is 7.30. The SMILES string of the molecule is COc1c(F)cccc1Nc1c(-c2ccncc2OC[C@H]2CCN2CC(F)(F)F)[nH]c2c1C(=O)NC1C[C@H]21. The monoisotopic (exact) mass is 531 g/mol. The molecule has 1 amide bonds. The summed E-state index contributed by atoms with van der Waals surface area (Å²) in [6.07, 6.45) is 0.180. The van der Waals surface area contributed by atoms with Crippen molar-refractivity contribution in [2.75, 3.05) is 32.1 Å². The van der Waals surface area contributed by atoms with Gasteiger partial charge in [-0.1, -0.05) is 6.07 Å². The number of carbonyl (C=O) groups excluding carboxylic acids is 1. The van der Waals surface area contributed by atoms with E-state index in [2.05, 4.69) is 20.6 Å². The highest BCUT2D eigenvalue weighted by atomic mass is 19.4. The van der Waals surface area contributed by atoms with E-state index in [9.17, 15) is 22.4 Å². The maximum absolute atomic E-state index is 14.4. The molecule has 12 heteroatoms. The Kier molecular flexibility index (Phi) is 5.93. The normalized spacial score (nSPS) is 22.1. The summed E-state index contributed by atoms with van der Waals surface area (Å²) in [6.45, 7) is -0.565. The Balaban J connectivity index is 1.36. The molecule has 3 aliphatic rings. The number of carbonyl (C=O) groups is 1. The molecule has 4 heterocycles. The zero-order chi connectivity index (χ0) is 26.6. The zero-order valence-electron chi connectivity index (χ0n) is 20.4. The summed E-state index contributed by atoms with van der Waals surface area (Å²) < 4.78 is 64.3. The van der Waals surface area contributed by atoms with Crippen LogP contribution in [0.15, 0.2) is 36.7 Å². The Morgan fingerprint density at radius 2 is 2.11 bits per heavy atom. The van der Waals surface area contributed by atoms with Gasteiger partial charge < -0.3 is 25.1 Å². The summed E-state index contributed by atoms with van der Waals surface area (Å²) in [5.74, 6) is -0.342. The van der Waals surface area contributed by atoms with Gasteiger partial charge in [0.15, 0.2) is 11.6 Å². The van der Waals surface area contributed by atoms with E-state index >= 15 is 0 Å². The van der Waals surface area contributed by atoms with Crippen LogP contribution in [-0.4, -0.2) is 65.8 Å². The number of aromatic nitrogens is 2. The van der Waals surface area contributed by atoms with Gasteiger partial charge >= 0.3 is 6.18 Å². The maximum atomic E-state index is 14.4. The van der Waals surface area contributed by atoms with Gasteiger partial charge in [0.25, 0.3) is 5.91 Å². The molecule has 1 saturated heterocycles. The van der Waals surface area contributed by atoms with Crippen molar-refractivity contribution in [1.82, 2.24) is 20.2 Å². The second kappa shape index (κ2) is 9.19. The summed E-state index contributed by atoms with van der Waals surface area (Å²) in [5, 5.41) is 6.18. The first kappa shape index (κ1) is 24.5. The van der Waals surface area contributed by atoms with Gasteiger partial charge in [-0.2, -0.15) is 13.2 Å². The fraction of sp³-hybridized carbons (Fsp3) is 0.385. The highest BCUT2D eigenvalue weighted by molar-refractivity contribution is 6.07. The summed E-state index contributed by atoms with van der Waals surface area (Å²) in [7, 11) is 1.36. The minimum absolute atomic E-state index is 0.00476. The fourth-order valence-corrected chi connectivity index (χ4v) is 5.23. The Morgan fingerprint density at radius 3 is 2.84 bits per heavy atom. The molecule has 6 rings (SSSR count). The maximum Gasteiger partial charge on any atom is 0.401 e. The molecule has 0 spiro atoms. The van der Waals surface area contributed by atoms with Crippen LogP contribution in [0.4, 0.5) is 28.9 Å². The first-order chi connectivity index (χ1) is 18.2. The molecule has 3 N–H and O–H groups in total. The Hall–Kier alpha value is -3.80. The van der Waals surface area contributed by atoms with Gasteiger partial charge in [0.1, 0.15) is 12.4 Å². The van der Waals surface area contributed by atoms with Crippen LogP contribution in [0.5, 0.6) is 11.5 Å². The van der Waals surface area contributed by atoms with Gasteiger partial charge in [-0.3, -0.25) is 14.7 Å². The second-order valence-corrected chi connectivity index (χ2v) is 9.74. The molecule has 2 fully saturated rings. The number of benzene rings is 1. The molecule has 38 heavy (non-hydrogen) atoms. The lowest BCUT2D eigenvalue weighted by atomic mass is 10.0. The topological polar surface area (TPSA) is 91.5 Å². The van der Waals surface area contributed by atoms with Crippen molar-refractivity contribution in [1.29, 1.82) is 0 Å². The number of rotatable bonds is 8. The predicted molar refractivity (Wildman–Crippen MR) is 130 cm³/mol. The van der Waals surface area contributed by atoms with Gasteiger partial charge in [-0.15, -0.1) is 0 Å². The van der Waals surface area contributed by atoms with E-state index < -0.39 is 18.5 Å². The number of likely N-dealkylation sites (tertiary alicyclic amines) is 1. The first-order valence-electron chi connectivity index (χ1n) is 12.3. The highest BCUT2D eigenvalue weighted by Crippen LogP contribution is 2.51. The van der Waals surface area contributed by atoms with Crippen LogP contribution < -0.4 is 20.1 Å². The number of halogens is 4. The standard InChI is InChI=1S/C26H25F4N5O3/c1-37-24-16(27)3-2-4-17(24)32-23-20-21(15-9-18(15)33-25(20)36)34-22(23)14-5-7-31-10-19(14)38-11-13-6-8-35(13)12-26(28,29)30/h2-5,7,10,13,15,18,32,34H,6,8-9,11-12H2,1H3,(H,33,36)/t13-,15+,18?/m1/s1. The molecule has 8 nitrogen and oxygen atoms in total. The minimum atomic E-state index is -4.28. The lowest BCUT2D eigenvalue weighted by Gasteiger charge is -2.40. The van der Waals surface area contributed by atoms with Crippen LogP contribution in [0.2, 0.25) is 0 Å². The third kappa shape index (κ3) is 4.42. The van der Waals surface area contributed by atoms with Gasteiger partial charge in [0.2, 0.25) is 0 Å². The van der Waals surface area contributed by atoms with Gasteiger partial charge in [-0.25, -0.2) is 4.39 Å². The van der Waals surface area contributed by atoms with Gasteiger partial charge in [0.05, 0.1) is 42.5 Å². The summed E-state index contributed by atoms with van der Waals surface area (Å²) >= 11 is 0. The van der Waals surface area contributed by atoms with Crippen molar-refractivity contribution in [2.24, 2.45) is 0 Å². The number of nitrogens with one attached hydrogen (secondary N) is 3. The van der Waals surface area contributed by atoms with Crippen molar-refractivity contribution in [3.63, 3.8) is 0 Å². The fourth-order valence-electron chi connectivity index (χ4n) is 5.23. The van der Waals surface area contributed by atoms with Crippen molar-refractivity contribution in [3.05, 3.63) is 53.7 Å². The molecule has 200 valence electrons. The number of pyridine rings is 1. The molecule has 2 aromatic heterocycles. The molecular weight excluding hydrogens is 506 g/mol. The van der Waals surface area contributed by atoms with Crippen molar-refractivity contribution in [3.8, 4) is 22.8 Å². The number of ether oxygens (including phenoxy) is 2. The number of nitrogens with zero attached hydrogens (tertiary/aromatic N) is 2. The third-order valence-electron chi connectivity index (χ3n) is 7.30. The molecule has 1 unspecified atom stereocenters. The van der Waals surface area contributed by atoms with E-state index in [1.807, 2.05) is 0 Å². The molecule has 0 radical (unpaired) electrons. The summed E-state index contributed by atoms with van der Waals surface area (Å²) in [5.41, 5.74) is 3.04. The molecule has 3 atom stereocenters. The number of fused-ring (bicyclic) bond motifs is 3. The largest absolute Gasteiger partial charge is 0.492 e. The lowest BCUT2D eigenvalue weighted by molar-refractivity contribution is -0.163. The number of aromatic amines is 1. The van der Waals surface area contributed by atoms with Crippen molar-refractivity contribution >= 4 is 17.3 Å². The zero-order valence-corrected chi connectivity index (χ0v) is 20.4. The average molecular weight is 532 g/mol. The lowest BCUT2D eigenvalue weighted by Crippen LogP contribution is -2.54. The molecule has 0 bridgehead atoms. The number of hydrogen-bond acceptors (Lipinski definition) is 6. The number of hydrogen-bond donors (Lipinski definition) is 3. The van der Waals surface area contributed by atoms with Crippen LogP contribution in [0, 0.1) is 5.82 Å². The molecular formula is C26H25F4N5O3. The molecule has 1 saturated carbocycles. The summed E-state index contributed by atoms with van der Waals surface area (Å²) in [4.78, 5) is 21.9. The second-order valence-electron chi connectivity index (χ2n) is 9.74. The number of alkyl halides is 3. The van der Waals surface area contributed by atoms with Crippen LogP contribution >= 0.6 is 0 Å². The van der Waals surface area contributed by atoms with E-state index in [0.29, 0.717) is 46.9 Å². The summed E-state index contributed by atoms with van der Waals surface area (Å²) in [6, 6.07) is 5.84. The highest BCUT2D eigenvalue weighted by Gasteiger charge is 2.48. The number of H-pyrrole nitrogens is 1. The van der Waals surface area contributed by atoms with Crippen LogP contribution in [0.25, 0.3) is 11.3 Å². The molecule has 1 aliphatic carbocycles. The van der Waals surface area contributed by atoms with E-state index in [4.69, 9.17) is 9.47 Å². The first-order valence-corrected chi connectivity index (χ1v) is 12.3.